The van der Waals surface area contributed by atoms with Crippen molar-refractivity contribution in [1.82, 2.24) is 20.3 Å². The molecule has 2 fully saturated rings. The van der Waals surface area contributed by atoms with Crippen molar-refractivity contribution in [1.29, 1.82) is 0 Å². The molecule has 0 amide bonds. The maximum Gasteiger partial charge on any atom is 0.233 e. The van der Waals surface area contributed by atoms with Gasteiger partial charge in [-0.25, -0.2) is 23.4 Å². The van der Waals surface area contributed by atoms with Crippen LogP contribution in [0.1, 0.15) is 44.1 Å². The number of aromatic nitrogens is 3. The standard InChI is InChI=1S/C31H36N6O3S/c1-21-13-14-24-25(10-4-12-28(24)37-41(38,39)20-22-7-2-3-8-22)29(21)40-30-26(11-6-17-33-30)27-15-18-34-31(36-27)35-23-9-5-16-32-19-23/h4,6,10-15,17-18,22-23,32,37H,2-3,5,7-9,16,19-20H2,1H3,(H,34,35,36)/t23-/m0/s1. The summed E-state index contributed by atoms with van der Waals surface area (Å²) in [5, 5.41) is 8.42. The summed E-state index contributed by atoms with van der Waals surface area (Å²) in [6, 6.07) is 15.4. The van der Waals surface area contributed by atoms with Gasteiger partial charge in [0, 0.05) is 35.8 Å². The Balaban J connectivity index is 1.29. The van der Waals surface area contributed by atoms with Gasteiger partial charge in [0.1, 0.15) is 5.75 Å². The van der Waals surface area contributed by atoms with Crippen molar-refractivity contribution < 1.29 is 13.2 Å². The molecule has 9 nitrogen and oxygen atoms in total. The lowest BCUT2D eigenvalue weighted by Gasteiger charge is -2.23. The molecule has 4 aromatic rings. The molecule has 3 N–H and O–H groups in total. The van der Waals surface area contributed by atoms with Crippen LogP contribution >= 0.6 is 0 Å². The molecule has 2 aromatic heterocycles. The first kappa shape index (κ1) is 27.4. The monoisotopic (exact) mass is 572 g/mol. The van der Waals surface area contributed by atoms with Gasteiger partial charge in [0.25, 0.3) is 0 Å². The highest BCUT2D eigenvalue weighted by Gasteiger charge is 2.24. The Bertz CT molecular complexity index is 1630. The van der Waals surface area contributed by atoms with Crippen LogP contribution in [0.2, 0.25) is 0 Å². The maximum atomic E-state index is 13.0. The molecule has 0 radical (unpaired) electrons. The van der Waals surface area contributed by atoms with E-state index in [1.54, 1.807) is 18.5 Å². The fourth-order valence-corrected chi connectivity index (χ4v) is 7.41. The van der Waals surface area contributed by atoms with Gasteiger partial charge < -0.3 is 15.4 Å². The maximum absolute atomic E-state index is 13.0. The second kappa shape index (κ2) is 12.0. The van der Waals surface area contributed by atoms with E-state index in [0.717, 1.165) is 73.5 Å². The van der Waals surface area contributed by atoms with Crippen molar-refractivity contribution in [2.45, 2.75) is 51.5 Å². The first-order chi connectivity index (χ1) is 19.9. The molecule has 10 heteroatoms. The summed E-state index contributed by atoms with van der Waals surface area (Å²) < 4.78 is 35.4. The molecule has 1 atom stereocenters. The number of piperidine rings is 1. The molecule has 1 saturated heterocycles. The zero-order valence-electron chi connectivity index (χ0n) is 23.3. The Hall–Kier alpha value is -3.76. The summed E-state index contributed by atoms with van der Waals surface area (Å²) in [6.07, 6.45) is 9.78. The van der Waals surface area contributed by atoms with Crippen LogP contribution in [-0.4, -0.2) is 48.3 Å². The molecule has 41 heavy (non-hydrogen) atoms. The molecule has 2 aliphatic rings. The number of nitrogens with zero attached hydrogens (tertiary/aromatic N) is 3. The van der Waals surface area contributed by atoms with Gasteiger partial charge in [-0.15, -0.1) is 0 Å². The lowest BCUT2D eigenvalue weighted by atomic mass is 10.0. The van der Waals surface area contributed by atoms with Crippen LogP contribution in [0.25, 0.3) is 22.0 Å². The van der Waals surface area contributed by atoms with Gasteiger partial charge in [0.15, 0.2) is 0 Å². The van der Waals surface area contributed by atoms with Gasteiger partial charge in [0.2, 0.25) is 21.9 Å². The lowest BCUT2D eigenvalue weighted by molar-refractivity contribution is 0.466. The summed E-state index contributed by atoms with van der Waals surface area (Å²) in [7, 11) is -3.48. The number of nitrogens with one attached hydrogen (secondary N) is 3. The number of fused-ring (bicyclic) bond motifs is 1. The van der Waals surface area contributed by atoms with Crippen molar-refractivity contribution in [3.63, 3.8) is 0 Å². The largest absolute Gasteiger partial charge is 0.437 e. The summed E-state index contributed by atoms with van der Waals surface area (Å²) in [5.74, 6) is 1.99. The van der Waals surface area contributed by atoms with E-state index in [1.807, 2.05) is 49.4 Å². The topological polar surface area (TPSA) is 118 Å². The number of hydrogen-bond acceptors (Lipinski definition) is 8. The van der Waals surface area contributed by atoms with E-state index in [-0.39, 0.29) is 17.7 Å². The third kappa shape index (κ3) is 6.44. The number of rotatable bonds is 9. The predicted octanol–water partition coefficient (Wildman–Crippen LogP) is 5.89. The van der Waals surface area contributed by atoms with E-state index in [4.69, 9.17) is 9.72 Å². The molecule has 0 bridgehead atoms. The summed E-state index contributed by atoms with van der Waals surface area (Å²) in [6.45, 7) is 3.89. The van der Waals surface area contributed by atoms with Gasteiger partial charge in [-0.2, -0.15) is 0 Å². The molecule has 0 unspecified atom stereocenters. The predicted molar refractivity (Wildman–Crippen MR) is 163 cm³/mol. The number of anilines is 2. The van der Waals surface area contributed by atoms with Crippen molar-refractivity contribution in [3.8, 4) is 22.9 Å². The summed E-state index contributed by atoms with van der Waals surface area (Å²) >= 11 is 0. The highest BCUT2D eigenvalue weighted by atomic mass is 32.2. The Kier molecular flexibility index (Phi) is 8.02. The van der Waals surface area contributed by atoms with Crippen LogP contribution in [0.5, 0.6) is 11.6 Å². The van der Waals surface area contributed by atoms with Gasteiger partial charge in [-0.1, -0.05) is 37.1 Å². The van der Waals surface area contributed by atoms with Gasteiger partial charge in [-0.05, 0) is 74.9 Å². The van der Waals surface area contributed by atoms with Crippen molar-refractivity contribution in [2.24, 2.45) is 5.92 Å². The van der Waals surface area contributed by atoms with Crippen LogP contribution in [0.4, 0.5) is 11.6 Å². The van der Waals surface area contributed by atoms with Crippen molar-refractivity contribution >= 4 is 32.4 Å². The average molecular weight is 573 g/mol. The minimum Gasteiger partial charge on any atom is -0.437 e. The highest BCUT2D eigenvalue weighted by molar-refractivity contribution is 7.92. The minimum absolute atomic E-state index is 0.156. The quantitative estimate of drug-likeness (QED) is 0.227. The molecular formula is C31H36N6O3S. The van der Waals surface area contributed by atoms with Gasteiger partial charge in [-0.3, -0.25) is 4.72 Å². The van der Waals surface area contributed by atoms with Crippen molar-refractivity contribution in [3.05, 3.63) is 66.5 Å². The number of pyridine rings is 1. The smallest absolute Gasteiger partial charge is 0.233 e. The molecule has 3 heterocycles. The minimum atomic E-state index is -3.48. The Morgan fingerprint density at radius 2 is 1.83 bits per heavy atom. The van der Waals surface area contributed by atoms with Crippen LogP contribution in [0, 0.1) is 12.8 Å². The molecule has 6 rings (SSSR count). The normalized spacial score (nSPS) is 17.9. The second-order valence-electron chi connectivity index (χ2n) is 11.1. The molecule has 1 saturated carbocycles. The second-order valence-corrected chi connectivity index (χ2v) is 12.8. The molecular weight excluding hydrogens is 536 g/mol. The third-order valence-corrected chi connectivity index (χ3v) is 9.38. The van der Waals surface area contributed by atoms with E-state index < -0.39 is 10.0 Å². The van der Waals surface area contributed by atoms with E-state index in [2.05, 4.69) is 25.3 Å². The SMILES string of the molecule is Cc1ccc2c(NS(=O)(=O)CC3CCCC3)cccc2c1Oc1ncccc1-c1ccnc(N[C@H]2CCCNC2)n1. The van der Waals surface area contributed by atoms with E-state index in [9.17, 15) is 8.42 Å². The third-order valence-electron chi connectivity index (χ3n) is 7.94. The first-order valence-electron chi connectivity index (χ1n) is 14.4. The number of benzene rings is 2. The van der Waals surface area contributed by atoms with Gasteiger partial charge >= 0.3 is 0 Å². The fraction of sp³-hybridized carbons (Fsp3) is 0.387. The van der Waals surface area contributed by atoms with Gasteiger partial charge in [0.05, 0.1) is 22.7 Å². The molecule has 1 aliphatic heterocycles. The van der Waals surface area contributed by atoms with E-state index in [0.29, 0.717) is 29.0 Å². The number of sulfonamides is 1. The Labute approximate surface area is 241 Å². The van der Waals surface area contributed by atoms with E-state index in [1.165, 1.54) is 0 Å². The number of aryl methyl sites for hydroxylation is 1. The highest BCUT2D eigenvalue weighted by Crippen LogP contribution is 2.39. The van der Waals surface area contributed by atoms with E-state index >= 15 is 0 Å². The number of hydrogen-bond donors (Lipinski definition) is 3. The van der Waals surface area contributed by atoms with Crippen LogP contribution < -0.4 is 20.1 Å². The fourth-order valence-electron chi connectivity index (χ4n) is 5.86. The van der Waals surface area contributed by atoms with Crippen LogP contribution in [-0.2, 0) is 10.0 Å². The Morgan fingerprint density at radius 3 is 2.66 bits per heavy atom. The average Bonchev–Trinajstić information content (AvgIpc) is 3.48. The molecule has 214 valence electrons. The van der Waals surface area contributed by atoms with Crippen LogP contribution in [0.15, 0.2) is 60.9 Å². The number of ether oxygens (including phenoxy) is 1. The van der Waals surface area contributed by atoms with Crippen LogP contribution in [0.3, 0.4) is 0 Å². The molecule has 2 aromatic carbocycles. The zero-order chi connectivity index (χ0) is 28.2. The molecule has 0 spiro atoms. The molecule has 1 aliphatic carbocycles. The first-order valence-corrected chi connectivity index (χ1v) is 16.1. The summed E-state index contributed by atoms with van der Waals surface area (Å²) in [5.41, 5.74) is 2.90. The summed E-state index contributed by atoms with van der Waals surface area (Å²) in [4.78, 5) is 13.8. The Morgan fingerprint density at radius 1 is 0.951 bits per heavy atom. The lowest BCUT2D eigenvalue weighted by Crippen LogP contribution is -2.38. The van der Waals surface area contributed by atoms with Crippen molar-refractivity contribution in [2.75, 3.05) is 28.9 Å². The zero-order valence-corrected chi connectivity index (χ0v) is 24.1.